The average Bonchev–Trinajstić information content (AvgIpc) is 3.33. The zero-order valence-electron chi connectivity index (χ0n) is 20.2. The van der Waals surface area contributed by atoms with E-state index in [4.69, 9.17) is 4.74 Å². The number of rotatable bonds is 8. The first-order valence-electron chi connectivity index (χ1n) is 11.8. The summed E-state index contributed by atoms with van der Waals surface area (Å²) in [6.07, 6.45) is 7.11. The fourth-order valence-electron chi connectivity index (χ4n) is 3.83. The Hall–Kier alpha value is -4.98. The number of fused-ring (bicyclic) bond motifs is 1. The molecule has 0 fully saturated rings. The molecule has 0 aliphatic rings. The number of benzene rings is 2. The summed E-state index contributed by atoms with van der Waals surface area (Å²) in [5, 5.41) is 5.77. The highest BCUT2D eigenvalue weighted by Gasteiger charge is 2.09. The van der Waals surface area contributed by atoms with Crippen molar-refractivity contribution in [3.63, 3.8) is 0 Å². The van der Waals surface area contributed by atoms with Crippen molar-refractivity contribution in [1.29, 1.82) is 0 Å². The van der Waals surface area contributed by atoms with E-state index in [1.54, 1.807) is 54.9 Å². The van der Waals surface area contributed by atoms with Crippen molar-refractivity contribution in [1.82, 2.24) is 19.7 Å². The molecule has 0 aliphatic carbocycles. The van der Waals surface area contributed by atoms with Crippen LogP contribution in [0.5, 0.6) is 5.75 Å². The van der Waals surface area contributed by atoms with Gasteiger partial charge in [0.1, 0.15) is 18.0 Å². The number of hydrogen-bond acceptors (Lipinski definition) is 5. The van der Waals surface area contributed by atoms with Gasteiger partial charge in [-0.25, -0.2) is 4.98 Å². The molecule has 8 heteroatoms. The lowest BCUT2D eigenvalue weighted by Gasteiger charge is -2.09. The largest absolute Gasteiger partial charge is 0.487 e. The van der Waals surface area contributed by atoms with E-state index in [0.717, 1.165) is 22.5 Å². The van der Waals surface area contributed by atoms with Crippen LogP contribution >= 0.6 is 0 Å². The number of aromatic nitrogens is 3. The average molecular weight is 492 g/mol. The Morgan fingerprint density at radius 3 is 2.49 bits per heavy atom. The Morgan fingerprint density at radius 2 is 1.68 bits per heavy atom. The Labute approximate surface area is 214 Å². The minimum absolute atomic E-state index is 0.200. The van der Waals surface area contributed by atoms with Crippen LogP contribution in [-0.2, 0) is 13.2 Å². The quantitative estimate of drug-likeness (QED) is 0.325. The van der Waals surface area contributed by atoms with Gasteiger partial charge in [-0.2, -0.15) is 0 Å². The molecular formula is C29H25N5O3. The van der Waals surface area contributed by atoms with Crippen LogP contribution in [0.2, 0.25) is 0 Å². The normalized spacial score (nSPS) is 10.7. The van der Waals surface area contributed by atoms with Gasteiger partial charge >= 0.3 is 0 Å². The number of carbonyl (C=O) groups excluding carboxylic acids is 2. The number of carbonyl (C=O) groups is 2. The third kappa shape index (κ3) is 5.99. The van der Waals surface area contributed by atoms with E-state index < -0.39 is 0 Å². The van der Waals surface area contributed by atoms with Crippen molar-refractivity contribution in [2.75, 3.05) is 5.32 Å². The van der Waals surface area contributed by atoms with Crippen molar-refractivity contribution >= 4 is 23.1 Å². The number of aryl methyl sites for hydroxylation is 1. The lowest BCUT2D eigenvalue weighted by Crippen LogP contribution is -2.22. The topological polar surface area (TPSA) is 97.6 Å². The lowest BCUT2D eigenvalue weighted by atomic mass is 10.1. The maximum atomic E-state index is 12.6. The minimum atomic E-state index is -0.220. The van der Waals surface area contributed by atoms with Crippen molar-refractivity contribution in [3.8, 4) is 5.75 Å². The molecule has 0 radical (unpaired) electrons. The number of nitrogens with zero attached hydrogens (tertiary/aromatic N) is 3. The number of amides is 2. The molecule has 184 valence electrons. The first-order valence-corrected chi connectivity index (χ1v) is 11.8. The van der Waals surface area contributed by atoms with E-state index in [1.807, 2.05) is 54.0 Å². The number of ether oxygens (including phenoxy) is 1. The van der Waals surface area contributed by atoms with Crippen molar-refractivity contribution < 1.29 is 14.3 Å². The molecule has 0 unspecified atom stereocenters. The van der Waals surface area contributed by atoms with Crippen LogP contribution in [-0.4, -0.2) is 26.2 Å². The Bertz CT molecular complexity index is 1550. The van der Waals surface area contributed by atoms with Crippen LogP contribution in [0, 0.1) is 6.92 Å². The monoisotopic (exact) mass is 491 g/mol. The van der Waals surface area contributed by atoms with E-state index in [9.17, 15) is 9.59 Å². The second-order valence-corrected chi connectivity index (χ2v) is 8.59. The van der Waals surface area contributed by atoms with Gasteiger partial charge in [0, 0.05) is 48.1 Å². The Balaban J connectivity index is 1.13. The molecule has 37 heavy (non-hydrogen) atoms. The molecule has 5 aromatic rings. The highest BCUT2D eigenvalue weighted by molar-refractivity contribution is 6.04. The Kier molecular flexibility index (Phi) is 6.89. The van der Waals surface area contributed by atoms with E-state index in [0.29, 0.717) is 35.7 Å². The van der Waals surface area contributed by atoms with Crippen LogP contribution in [0.4, 0.5) is 5.69 Å². The summed E-state index contributed by atoms with van der Waals surface area (Å²) in [6.45, 7) is 2.69. The molecular weight excluding hydrogens is 466 g/mol. The first kappa shape index (κ1) is 23.7. The van der Waals surface area contributed by atoms with E-state index >= 15 is 0 Å². The molecule has 0 saturated carbocycles. The molecule has 3 aromatic heterocycles. The first-order chi connectivity index (χ1) is 18.0. The van der Waals surface area contributed by atoms with Crippen LogP contribution < -0.4 is 15.4 Å². The molecule has 3 heterocycles. The van der Waals surface area contributed by atoms with Crippen LogP contribution in [0.15, 0.2) is 97.6 Å². The molecule has 0 bridgehead atoms. The van der Waals surface area contributed by atoms with Crippen molar-refractivity contribution in [2.45, 2.75) is 20.1 Å². The maximum absolute atomic E-state index is 12.6. The smallest absolute Gasteiger partial charge is 0.255 e. The highest BCUT2D eigenvalue weighted by Crippen LogP contribution is 2.16. The SMILES string of the molecule is Cc1ccc2nc(COc3ccc(C(=O)NCc4cccc(NC(=O)c5ccncc5)c4)cc3)cn2c1. The van der Waals surface area contributed by atoms with Gasteiger partial charge in [0.15, 0.2) is 0 Å². The third-order valence-corrected chi connectivity index (χ3v) is 5.73. The molecule has 0 saturated heterocycles. The van der Waals surface area contributed by atoms with E-state index in [-0.39, 0.29) is 11.8 Å². The summed E-state index contributed by atoms with van der Waals surface area (Å²) in [7, 11) is 0. The van der Waals surface area contributed by atoms with Gasteiger partial charge < -0.3 is 19.8 Å². The van der Waals surface area contributed by atoms with Crippen molar-refractivity contribution in [2.24, 2.45) is 0 Å². The molecule has 0 spiro atoms. The third-order valence-electron chi connectivity index (χ3n) is 5.73. The number of hydrogen-bond donors (Lipinski definition) is 2. The summed E-state index contributed by atoms with van der Waals surface area (Å²) in [5.41, 5.74) is 5.42. The Morgan fingerprint density at radius 1 is 0.892 bits per heavy atom. The van der Waals surface area contributed by atoms with Crippen LogP contribution in [0.3, 0.4) is 0 Å². The molecule has 8 nitrogen and oxygen atoms in total. The van der Waals surface area contributed by atoms with Gasteiger partial charge in [-0.3, -0.25) is 14.6 Å². The van der Waals surface area contributed by atoms with E-state index in [2.05, 4.69) is 20.6 Å². The second-order valence-electron chi connectivity index (χ2n) is 8.59. The van der Waals surface area contributed by atoms with Gasteiger partial charge in [-0.05, 0) is 72.6 Å². The van der Waals surface area contributed by atoms with E-state index in [1.165, 1.54) is 0 Å². The van der Waals surface area contributed by atoms with Crippen LogP contribution in [0.25, 0.3) is 5.65 Å². The van der Waals surface area contributed by atoms with Crippen molar-refractivity contribution in [3.05, 3.63) is 126 Å². The predicted octanol–water partition coefficient (Wildman–Crippen LogP) is 4.80. The molecule has 2 N–H and O–H groups in total. The minimum Gasteiger partial charge on any atom is -0.487 e. The molecule has 0 atom stereocenters. The summed E-state index contributed by atoms with van der Waals surface area (Å²) in [5.74, 6) is 0.234. The summed E-state index contributed by atoms with van der Waals surface area (Å²) >= 11 is 0. The molecule has 2 amide bonds. The number of nitrogens with one attached hydrogen (secondary N) is 2. The zero-order chi connectivity index (χ0) is 25.6. The van der Waals surface area contributed by atoms with Gasteiger partial charge in [-0.15, -0.1) is 0 Å². The standard InChI is InChI=1S/C29H25N5O3/c1-20-5-10-27-32-25(18-34(27)17-20)19-37-26-8-6-22(7-9-26)28(35)31-16-21-3-2-4-24(15-21)33-29(36)23-11-13-30-14-12-23/h2-15,17-18H,16,19H2,1H3,(H,31,35)(H,33,36). The van der Waals surface area contributed by atoms with Gasteiger partial charge in [0.05, 0.1) is 5.69 Å². The maximum Gasteiger partial charge on any atom is 0.255 e. The second kappa shape index (κ2) is 10.7. The lowest BCUT2D eigenvalue weighted by molar-refractivity contribution is 0.0950. The zero-order valence-corrected chi connectivity index (χ0v) is 20.2. The number of imidazole rings is 1. The number of pyridine rings is 2. The summed E-state index contributed by atoms with van der Waals surface area (Å²) in [4.78, 5) is 33.5. The molecule has 5 rings (SSSR count). The van der Waals surface area contributed by atoms with Gasteiger partial charge in [-0.1, -0.05) is 18.2 Å². The fourth-order valence-corrected chi connectivity index (χ4v) is 3.83. The summed E-state index contributed by atoms with van der Waals surface area (Å²) < 4.78 is 7.83. The fraction of sp³-hybridized carbons (Fsp3) is 0.103. The number of anilines is 1. The highest BCUT2D eigenvalue weighted by atomic mass is 16.5. The summed E-state index contributed by atoms with van der Waals surface area (Å²) in [6, 6.07) is 21.6. The van der Waals surface area contributed by atoms with Gasteiger partial charge in [0.2, 0.25) is 0 Å². The van der Waals surface area contributed by atoms with Crippen LogP contribution in [0.1, 0.15) is 37.5 Å². The molecule has 0 aliphatic heterocycles. The predicted molar refractivity (Wildman–Crippen MR) is 141 cm³/mol. The molecule has 2 aromatic carbocycles. The van der Waals surface area contributed by atoms with Gasteiger partial charge in [0.25, 0.3) is 11.8 Å².